The van der Waals surface area contributed by atoms with Gasteiger partial charge in [-0.15, -0.1) is 0 Å². The van der Waals surface area contributed by atoms with Crippen LogP contribution in [0.1, 0.15) is 36.5 Å². The highest BCUT2D eigenvalue weighted by Gasteiger charge is 2.50. The Labute approximate surface area is 103 Å². The fourth-order valence-corrected chi connectivity index (χ4v) is 1.59. The molecule has 2 nitrogen and oxygen atoms in total. The van der Waals surface area contributed by atoms with Crippen LogP contribution in [0.15, 0.2) is 10.5 Å². The van der Waals surface area contributed by atoms with Crippen molar-refractivity contribution in [1.82, 2.24) is 5.32 Å². The number of furan rings is 1. The molecule has 6 heteroatoms. The van der Waals surface area contributed by atoms with Gasteiger partial charge in [0.1, 0.15) is 17.6 Å². The van der Waals surface area contributed by atoms with Crippen molar-refractivity contribution in [3.63, 3.8) is 0 Å². The van der Waals surface area contributed by atoms with Crippen molar-refractivity contribution in [3.05, 3.63) is 23.2 Å². The molecule has 1 N–H and O–H groups in total. The lowest BCUT2D eigenvalue weighted by molar-refractivity contribution is -0.154. The van der Waals surface area contributed by atoms with E-state index in [1.54, 1.807) is 20.8 Å². The molecule has 1 aromatic heterocycles. The third-order valence-electron chi connectivity index (χ3n) is 2.74. The largest absolute Gasteiger partial charge is 0.464 e. The Hall–Kier alpha value is -1.04. The van der Waals surface area contributed by atoms with Crippen molar-refractivity contribution in [2.75, 3.05) is 6.54 Å². The van der Waals surface area contributed by atoms with Crippen molar-refractivity contribution >= 4 is 0 Å². The zero-order valence-electron chi connectivity index (χ0n) is 10.6. The van der Waals surface area contributed by atoms with Crippen LogP contribution in [0, 0.1) is 13.8 Å². The summed E-state index contributed by atoms with van der Waals surface area (Å²) in [7, 11) is 0. The van der Waals surface area contributed by atoms with E-state index in [0.717, 1.165) is 0 Å². The maximum Gasteiger partial charge on any atom is 0.329 e. The molecular formula is C12H17F4NO. The number of hydrogen-bond donors (Lipinski definition) is 1. The Morgan fingerprint density at radius 3 is 2.33 bits per heavy atom. The van der Waals surface area contributed by atoms with Gasteiger partial charge in [-0.05, 0) is 38.4 Å². The Bertz CT molecular complexity index is 370. The quantitative estimate of drug-likeness (QED) is 0.792. The molecule has 0 aromatic carbocycles. The average Bonchev–Trinajstić information content (AvgIpc) is 2.59. The van der Waals surface area contributed by atoms with E-state index in [9.17, 15) is 17.6 Å². The molecule has 0 aliphatic carbocycles. The fraction of sp³-hybridized carbons (Fsp3) is 0.667. The van der Waals surface area contributed by atoms with E-state index in [1.807, 2.05) is 0 Å². The molecule has 104 valence electrons. The lowest BCUT2D eigenvalue weighted by atomic mass is 10.1. The van der Waals surface area contributed by atoms with Gasteiger partial charge >= 0.3 is 12.3 Å². The van der Waals surface area contributed by atoms with Crippen molar-refractivity contribution in [2.45, 2.75) is 45.6 Å². The molecule has 0 radical (unpaired) electrons. The van der Waals surface area contributed by atoms with E-state index in [-0.39, 0.29) is 12.3 Å². The summed E-state index contributed by atoms with van der Waals surface area (Å²) in [5.41, 5.74) is 0.665. The Morgan fingerprint density at radius 2 is 1.94 bits per heavy atom. The van der Waals surface area contributed by atoms with E-state index in [1.165, 1.54) is 6.07 Å². The molecule has 0 spiro atoms. The molecule has 0 saturated carbocycles. The summed E-state index contributed by atoms with van der Waals surface area (Å²) in [6.07, 6.45) is -3.17. The van der Waals surface area contributed by atoms with E-state index in [0.29, 0.717) is 17.7 Å². The summed E-state index contributed by atoms with van der Waals surface area (Å²) in [4.78, 5) is 0. The minimum atomic E-state index is -4.16. The van der Waals surface area contributed by atoms with Gasteiger partial charge in [-0.3, -0.25) is 0 Å². The number of hydrogen-bond acceptors (Lipinski definition) is 2. The first-order valence-electron chi connectivity index (χ1n) is 5.77. The van der Waals surface area contributed by atoms with Crippen molar-refractivity contribution in [2.24, 2.45) is 0 Å². The smallest absolute Gasteiger partial charge is 0.329 e. The van der Waals surface area contributed by atoms with Crippen molar-refractivity contribution in [1.29, 1.82) is 0 Å². The van der Waals surface area contributed by atoms with Gasteiger partial charge in [-0.1, -0.05) is 6.92 Å². The minimum absolute atomic E-state index is 0.149. The summed E-state index contributed by atoms with van der Waals surface area (Å²) in [6.45, 7) is 5.27. The molecular weight excluding hydrogens is 250 g/mol. The summed E-state index contributed by atoms with van der Waals surface area (Å²) >= 11 is 0. The molecule has 1 unspecified atom stereocenters. The van der Waals surface area contributed by atoms with Gasteiger partial charge in [0.2, 0.25) is 0 Å². The normalized spacial score (nSPS) is 14.2. The molecule has 1 aromatic rings. The van der Waals surface area contributed by atoms with Crippen LogP contribution < -0.4 is 5.32 Å². The Kier molecular flexibility index (Phi) is 4.78. The predicted molar refractivity (Wildman–Crippen MR) is 60.2 cm³/mol. The zero-order valence-corrected chi connectivity index (χ0v) is 10.6. The van der Waals surface area contributed by atoms with E-state index in [4.69, 9.17) is 4.42 Å². The maximum atomic E-state index is 13.5. The highest BCUT2D eigenvalue weighted by molar-refractivity contribution is 5.22. The summed E-state index contributed by atoms with van der Waals surface area (Å²) < 4.78 is 57.0. The Morgan fingerprint density at radius 1 is 1.33 bits per heavy atom. The average molecular weight is 267 g/mol. The lowest BCUT2D eigenvalue weighted by Gasteiger charge is -2.25. The van der Waals surface area contributed by atoms with Gasteiger partial charge in [0, 0.05) is 0 Å². The predicted octanol–water partition coefficient (Wildman–Crippen LogP) is 3.84. The Balaban J connectivity index is 3.05. The van der Waals surface area contributed by atoms with Gasteiger partial charge in [-0.25, -0.2) is 8.78 Å². The summed E-state index contributed by atoms with van der Waals surface area (Å²) in [6, 6.07) is -0.427. The highest BCUT2D eigenvalue weighted by atomic mass is 19.3. The fourth-order valence-electron chi connectivity index (χ4n) is 1.59. The molecule has 0 bridgehead atoms. The van der Waals surface area contributed by atoms with E-state index in [2.05, 4.69) is 5.32 Å². The molecule has 1 rings (SSSR count). The minimum Gasteiger partial charge on any atom is -0.464 e. The number of nitrogens with one attached hydrogen (secondary N) is 1. The summed E-state index contributed by atoms with van der Waals surface area (Å²) in [5.74, 6) is -3.85. The van der Waals surface area contributed by atoms with Crippen LogP contribution in [0.3, 0.4) is 0 Å². The van der Waals surface area contributed by atoms with Crippen LogP contribution in [-0.2, 0) is 0 Å². The van der Waals surface area contributed by atoms with E-state index >= 15 is 0 Å². The van der Waals surface area contributed by atoms with Gasteiger partial charge in [0.15, 0.2) is 0 Å². The third-order valence-corrected chi connectivity index (χ3v) is 2.74. The molecule has 18 heavy (non-hydrogen) atoms. The van der Waals surface area contributed by atoms with Crippen molar-refractivity contribution in [3.8, 4) is 0 Å². The van der Waals surface area contributed by atoms with Crippen LogP contribution in [-0.4, -0.2) is 18.9 Å². The second-order valence-electron chi connectivity index (χ2n) is 4.25. The standard InChI is InChI=1S/C12H17F4NO/c1-4-5-17-10(12(15,16)11(13)14)9-6-7(2)8(3)18-9/h6,10-11,17H,4-5H2,1-3H3. The summed E-state index contributed by atoms with van der Waals surface area (Å²) in [5, 5.41) is 2.42. The molecule has 0 saturated heterocycles. The molecule has 1 atom stereocenters. The lowest BCUT2D eigenvalue weighted by Crippen LogP contribution is -2.42. The van der Waals surface area contributed by atoms with Gasteiger partial charge in [0.25, 0.3) is 0 Å². The number of rotatable bonds is 6. The number of halogens is 4. The molecule has 0 aliphatic heterocycles. The topological polar surface area (TPSA) is 25.2 Å². The zero-order chi connectivity index (χ0) is 13.9. The maximum absolute atomic E-state index is 13.5. The van der Waals surface area contributed by atoms with Crippen LogP contribution in [0.4, 0.5) is 17.6 Å². The number of alkyl halides is 4. The molecule has 1 heterocycles. The monoisotopic (exact) mass is 267 g/mol. The SMILES string of the molecule is CCCNC(c1cc(C)c(C)o1)C(F)(F)C(F)F. The van der Waals surface area contributed by atoms with Crippen LogP contribution in [0.25, 0.3) is 0 Å². The first-order valence-corrected chi connectivity index (χ1v) is 5.77. The van der Waals surface area contributed by atoms with Gasteiger partial charge in [0.05, 0.1) is 0 Å². The first kappa shape index (κ1) is 15.0. The highest BCUT2D eigenvalue weighted by Crippen LogP contribution is 2.37. The van der Waals surface area contributed by atoms with Crippen LogP contribution in [0.2, 0.25) is 0 Å². The van der Waals surface area contributed by atoms with Gasteiger partial charge < -0.3 is 9.73 Å². The van der Waals surface area contributed by atoms with Gasteiger partial charge in [-0.2, -0.15) is 8.78 Å². The molecule has 0 aliphatic rings. The third kappa shape index (κ3) is 3.04. The van der Waals surface area contributed by atoms with Crippen LogP contribution >= 0.6 is 0 Å². The molecule has 0 amide bonds. The second kappa shape index (κ2) is 5.73. The van der Waals surface area contributed by atoms with E-state index < -0.39 is 18.4 Å². The second-order valence-corrected chi connectivity index (χ2v) is 4.25. The van der Waals surface area contributed by atoms with Crippen LogP contribution in [0.5, 0.6) is 0 Å². The first-order chi connectivity index (χ1) is 8.30. The molecule has 0 fully saturated rings. The number of aryl methyl sites for hydroxylation is 2. The van der Waals surface area contributed by atoms with Crippen molar-refractivity contribution < 1.29 is 22.0 Å².